The second-order valence-corrected chi connectivity index (χ2v) is 8.03. The largest absolute Gasteiger partial charge is 0.368 e. The fourth-order valence-corrected chi connectivity index (χ4v) is 4.56. The Labute approximate surface area is 157 Å². The van der Waals surface area contributed by atoms with E-state index >= 15 is 0 Å². The molecule has 3 heterocycles. The summed E-state index contributed by atoms with van der Waals surface area (Å²) < 4.78 is 32.3. The number of carbonyl (C=O) groups is 2. The second kappa shape index (κ2) is 7.19. The van der Waals surface area contributed by atoms with E-state index in [0.29, 0.717) is 38.2 Å². The average Bonchev–Trinajstić information content (AvgIpc) is 3.23. The maximum absolute atomic E-state index is 13.4. The van der Waals surface area contributed by atoms with Crippen molar-refractivity contribution >= 4 is 11.8 Å². The molecule has 3 aliphatic rings. The minimum Gasteiger partial charge on any atom is -0.368 e. The predicted molar refractivity (Wildman–Crippen MR) is 93.6 cm³/mol. The molecule has 0 radical (unpaired) electrons. The third-order valence-corrected chi connectivity index (χ3v) is 6.04. The Morgan fingerprint density at radius 2 is 1.89 bits per heavy atom. The number of hydrogen-bond donors (Lipinski definition) is 0. The Balaban J connectivity index is 1.37. The van der Waals surface area contributed by atoms with E-state index in [1.165, 1.54) is 12.1 Å². The standard InChI is InChI=1S/C20H24F2N2O3/c21-15-8-14(9-16(22)10-15)12-24-13-20(11-18(24)25)3-5-23(6-4-20)19(26)17-2-1-7-27-17/h8-10,17H,1-7,11-13H2/t17-/m1/s1. The van der Waals surface area contributed by atoms with Crippen LogP contribution < -0.4 is 0 Å². The highest BCUT2D eigenvalue weighted by Gasteiger charge is 2.46. The fourth-order valence-electron chi connectivity index (χ4n) is 4.56. The summed E-state index contributed by atoms with van der Waals surface area (Å²) in [5, 5.41) is 0. The lowest BCUT2D eigenvalue weighted by molar-refractivity contribution is -0.143. The van der Waals surface area contributed by atoms with Gasteiger partial charge in [0.1, 0.15) is 17.7 Å². The Hall–Kier alpha value is -2.02. The smallest absolute Gasteiger partial charge is 0.251 e. The minimum absolute atomic E-state index is 0.0126. The summed E-state index contributed by atoms with van der Waals surface area (Å²) >= 11 is 0. The van der Waals surface area contributed by atoms with Gasteiger partial charge < -0.3 is 14.5 Å². The summed E-state index contributed by atoms with van der Waals surface area (Å²) in [6, 6.07) is 3.37. The summed E-state index contributed by atoms with van der Waals surface area (Å²) in [6.45, 7) is 2.71. The van der Waals surface area contributed by atoms with Crippen LogP contribution >= 0.6 is 0 Å². The van der Waals surface area contributed by atoms with Crippen LogP contribution in [0.2, 0.25) is 0 Å². The molecule has 1 aromatic rings. The van der Waals surface area contributed by atoms with Crippen molar-refractivity contribution < 1.29 is 23.1 Å². The molecule has 0 bridgehead atoms. The molecular formula is C20H24F2N2O3. The Morgan fingerprint density at radius 3 is 2.52 bits per heavy atom. The first-order valence-electron chi connectivity index (χ1n) is 9.57. The van der Waals surface area contributed by atoms with Crippen molar-refractivity contribution in [1.82, 2.24) is 9.80 Å². The molecule has 0 N–H and O–H groups in total. The van der Waals surface area contributed by atoms with Gasteiger partial charge in [0.2, 0.25) is 5.91 Å². The molecule has 0 unspecified atom stereocenters. The maximum Gasteiger partial charge on any atom is 0.251 e. The lowest BCUT2D eigenvalue weighted by Gasteiger charge is -2.39. The molecule has 0 saturated carbocycles. The molecule has 27 heavy (non-hydrogen) atoms. The number of amides is 2. The minimum atomic E-state index is -0.632. The van der Waals surface area contributed by atoms with Crippen molar-refractivity contribution in [2.45, 2.75) is 44.8 Å². The van der Waals surface area contributed by atoms with Crippen LogP contribution in [0.25, 0.3) is 0 Å². The molecule has 3 fully saturated rings. The lowest BCUT2D eigenvalue weighted by atomic mass is 9.77. The van der Waals surface area contributed by atoms with E-state index in [1.807, 2.05) is 4.90 Å². The van der Waals surface area contributed by atoms with Gasteiger partial charge in [-0.15, -0.1) is 0 Å². The van der Waals surface area contributed by atoms with E-state index in [0.717, 1.165) is 31.7 Å². The first kappa shape index (κ1) is 18.3. The topological polar surface area (TPSA) is 49.9 Å². The molecule has 3 aliphatic heterocycles. The number of rotatable bonds is 3. The molecule has 5 nitrogen and oxygen atoms in total. The summed E-state index contributed by atoms with van der Waals surface area (Å²) in [5.74, 6) is -1.18. The summed E-state index contributed by atoms with van der Waals surface area (Å²) in [4.78, 5) is 28.5. The van der Waals surface area contributed by atoms with Crippen LogP contribution in [0.4, 0.5) is 8.78 Å². The highest BCUT2D eigenvalue weighted by atomic mass is 19.1. The third kappa shape index (κ3) is 3.83. The molecule has 2 amide bonds. The molecular weight excluding hydrogens is 354 g/mol. The van der Waals surface area contributed by atoms with Crippen molar-refractivity contribution in [2.24, 2.45) is 5.41 Å². The normalized spacial score (nSPS) is 24.8. The van der Waals surface area contributed by atoms with Crippen molar-refractivity contribution in [1.29, 1.82) is 0 Å². The van der Waals surface area contributed by atoms with E-state index < -0.39 is 11.6 Å². The quantitative estimate of drug-likeness (QED) is 0.812. The zero-order chi connectivity index (χ0) is 19.0. The van der Waals surface area contributed by atoms with Gasteiger partial charge in [-0.2, -0.15) is 0 Å². The number of benzene rings is 1. The van der Waals surface area contributed by atoms with Gasteiger partial charge in [-0.25, -0.2) is 8.78 Å². The first-order valence-corrected chi connectivity index (χ1v) is 9.57. The van der Waals surface area contributed by atoms with Crippen LogP contribution in [0, 0.1) is 17.0 Å². The number of carbonyl (C=O) groups excluding carboxylic acids is 2. The van der Waals surface area contributed by atoms with E-state index in [1.54, 1.807) is 4.90 Å². The summed E-state index contributed by atoms with van der Waals surface area (Å²) in [6.07, 6.45) is 3.39. The van der Waals surface area contributed by atoms with Gasteiger partial charge in [0.05, 0.1) is 0 Å². The third-order valence-electron chi connectivity index (χ3n) is 6.04. The Morgan fingerprint density at radius 1 is 1.19 bits per heavy atom. The molecule has 0 aromatic heterocycles. The molecule has 3 saturated heterocycles. The number of ether oxygens (including phenoxy) is 1. The predicted octanol–water partition coefficient (Wildman–Crippen LogP) is 2.48. The average molecular weight is 378 g/mol. The van der Waals surface area contributed by atoms with Gasteiger partial charge >= 0.3 is 0 Å². The Bertz CT molecular complexity index is 720. The van der Waals surface area contributed by atoms with Crippen LogP contribution in [0.15, 0.2) is 18.2 Å². The van der Waals surface area contributed by atoms with Crippen LogP contribution in [-0.4, -0.2) is 54.0 Å². The molecule has 1 atom stereocenters. The van der Waals surface area contributed by atoms with E-state index in [9.17, 15) is 18.4 Å². The number of likely N-dealkylation sites (tertiary alicyclic amines) is 2. The van der Waals surface area contributed by atoms with Gasteiger partial charge in [-0.05, 0) is 43.4 Å². The highest BCUT2D eigenvalue weighted by molar-refractivity contribution is 5.82. The van der Waals surface area contributed by atoms with E-state index in [-0.39, 0.29) is 29.9 Å². The van der Waals surface area contributed by atoms with Crippen molar-refractivity contribution in [2.75, 3.05) is 26.2 Å². The van der Waals surface area contributed by atoms with E-state index in [2.05, 4.69) is 0 Å². The molecule has 146 valence electrons. The highest BCUT2D eigenvalue weighted by Crippen LogP contribution is 2.41. The van der Waals surface area contributed by atoms with Crippen molar-refractivity contribution in [3.8, 4) is 0 Å². The first-order chi connectivity index (χ1) is 12.9. The molecule has 1 spiro atoms. The summed E-state index contributed by atoms with van der Waals surface area (Å²) in [7, 11) is 0. The number of nitrogens with zero attached hydrogens (tertiary/aromatic N) is 2. The van der Waals surface area contributed by atoms with Gasteiger partial charge in [0.25, 0.3) is 5.91 Å². The molecule has 7 heteroatoms. The van der Waals surface area contributed by atoms with Crippen LogP contribution in [0.5, 0.6) is 0 Å². The number of hydrogen-bond acceptors (Lipinski definition) is 3. The van der Waals surface area contributed by atoms with Gasteiger partial charge in [-0.1, -0.05) is 0 Å². The Kier molecular flexibility index (Phi) is 4.88. The van der Waals surface area contributed by atoms with Crippen molar-refractivity contribution in [3.05, 3.63) is 35.4 Å². The summed E-state index contributed by atoms with van der Waals surface area (Å²) in [5.41, 5.74) is 0.319. The second-order valence-electron chi connectivity index (χ2n) is 8.03. The molecule has 1 aromatic carbocycles. The lowest BCUT2D eigenvalue weighted by Crippen LogP contribution is -2.47. The molecule has 0 aliphatic carbocycles. The van der Waals surface area contributed by atoms with Gasteiger partial charge in [0.15, 0.2) is 0 Å². The number of piperidine rings is 1. The zero-order valence-electron chi connectivity index (χ0n) is 15.3. The van der Waals surface area contributed by atoms with Gasteiger partial charge in [0, 0.05) is 50.7 Å². The van der Waals surface area contributed by atoms with Crippen LogP contribution in [0.3, 0.4) is 0 Å². The van der Waals surface area contributed by atoms with Crippen LogP contribution in [0.1, 0.15) is 37.7 Å². The van der Waals surface area contributed by atoms with E-state index in [4.69, 9.17) is 4.74 Å². The van der Waals surface area contributed by atoms with Gasteiger partial charge in [-0.3, -0.25) is 9.59 Å². The monoisotopic (exact) mass is 378 g/mol. The van der Waals surface area contributed by atoms with Crippen molar-refractivity contribution in [3.63, 3.8) is 0 Å². The zero-order valence-corrected chi connectivity index (χ0v) is 15.3. The fraction of sp³-hybridized carbons (Fsp3) is 0.600. The number of halogens is 2. The SMILES string of the molecule is O=C1CC2(CCN(C(=O)[C@H]3CCCO3)CC2)CN1Cc1cc(F)cc(F)c1. The molecule has 4 rings (SSSR count). The maximum atomic E-state index is 13.4. The van der Waals surface area contributed by atoms with Crippen LogP contribution in [-0.2, 0) is 20.9 Å².